The summed E-state index contributed by atoms with van der Waals surface area (Å²) in [5.41, 5.74) is 1.94. The summed E-state index contributed by atoms with van der Waals surface area (Å²) in [6.07, 6.45) is -2.01. The maximum atomic E-state index is 13.2. The Balaban J connectivity index is 1.36. The molecule has 0 spiro atoms. The van der Waals surface area contributed by atoms with Crippen molar-refractivity contribution >= 4 is 33.4 Å². The van der Waals surface area contributed by atoms with Gasteiger partial charge in [-0.15, -0.1) is 0 Å². The van der Waals surface area contributed by atoms with E-state index >= 15 is 0 Å². The standard InChI is InChI=1S/C28H34N4O8S/c33-19-6-7-21-22(12-19)30-27(36)26(21)32(14-18-11-25(35)29-13-18)15-24(34)23(10-17-4-2-1-3-5-17)31-28(37)40-20-8-9-41(38,39)16-20/h1-7,12,18,20,23-24,26,33-34H,8-11,13-16H2,(H,29,35)(H,30,36)(H,31,37)/t18-,20-,23-,24+,26-/m0/s1. The van der Waals surface area contributed by atoms with Crippen molar-refractivity contribution in [3.63, 3.8) is 0 Å². The smallest absolute Gasteiger partial charge is 0.407 e. The minimum atomic E-state index is -3.25. The first kappa shape index (κ1) is 28.8. The van der Waals surface area contributed by atoms with E-state index in [0.717, 1.165) is 5.56 Å². The van der Waals surface area contributed by atoms with Gasteiger partial charge in [-0.25, -0.2) is 13.2 Å². The molecule has 41 heavy (non-hydrogen) atoms. The molecule has 3 heterocycles. The largest absolute Gasteiger partial charge is 0.508 e. The van der Waals surface area contributed by atoms with E-state index in [0.29, 0.717) is 24.3 Å². The van der Waals surface area contributed by atoms with Crippen LogP contribution in [0.15, 0.2) is 48.5 Å². The summed E-state index contributed by atoms with van der Waals surface area (Å²) in [4.78, 5) is 39.7. The highest BCUT2D eigenvalue weighted by Crippen LogP contribution is 2.38. The number of anilines is 1. The van der Waals surface area contributed by atoms with Crippen LogP contribution < -0.4 is 16.0 Å². The number of phenols is 1. The molecular formula is C28H34N4O8S. The van der Waals surface area contributed by atoms with Gasteiger partial charge in [0.25, 0.3) is 0 Å². The van der Waals surface area contributed by atoms with Crippen molar-refractivity contribution in [2.75, 3.05) is 36.5 Å². The van der Waals surface area contributed by atoms with E-state index in [2.05, 4.69) is 16.0 Å². The van der Waals surface area contributed by atoms with Crippen LogP contribution in [0.3, 0.4) is 0 Å². The zero-order valence-electron chi connectivity index (χ0n) is 22.4. The highest BCUT2D eigenvalue weighted by molar-refractivity contribution is 7.91. The molecule has 0 bridgehead atoms. The molecule has 3 amide bonds. The number of carbonyl (C=O) groups is 3. The van der Waals surface area contributed by atoms with Crippen molar-refractivity contribution in [1.29, 1.82) is 0 Å². The molecule has 5 atom stereocenters. The van der Waals surface area contributed by atoms with E-state index in [1.54, 1.807) is 11.0 Å². The van der Waals surface area contributed by atoms with Crippen LogP contribution in [-0.4, -0.2) is 90.8 Å². The summed E-state index contributed by atoms with van der Waals surface area (Å²) < 4.78 is 29.0. The van der Waals surface area contributed by atoms with E-state index in [1.807, 2.05) is 30.3 Å². The second-order valence-corrected chi connectivity index (χ2v) is 13.2. The van der Waals surface area contributed by atoms with E-state index in [4.69, 9.17) is 4.74 Å². The number of phenolic OH excluding ortho intramolecular Hbond substituents is 1. The molecule has 2 aromatic carbocycles. The van der Waals surface area contributed by atoms with Gasteiger partial charge in [0, 0.05) is 43.4 Å². The molecule has 5 N–H and O–H groups in total. The van der Waals surface area contributed by atoms with Crippen LogP contribution in [0.5, 0.6) is 5.75 Å². The molecule has 0 aromatic heterocycles. The normalized spacial score (nSPS) is 24.4. The first-order valence-electron chi connectivity index (χ1n) is 13.6. The minimum absolute atomic E-state index is 0.00238. The Labute approximate surface area is 238 Å². The molecule has 0 aliphatic carbocycles. The summed E-state index contributed by atoms with van der Waals surface area (Å²) in [6.45, 7) is 0.722. The van der Waals surface area contributed by atoms with Gasteiger partial charge >= 0.3 is 6.09 Å². The molecule has 0 unspecified atom stereocenters. The topological polar surface area (TPSA) is 174 Å². The zero-order chi connectivity index (χ0) is 29.1. The average molecular weight is 587 g/mol. The lowest BCUT2D eigenvalue weighted by Crippen LogP contribution is -2.52. The molecule has 3 aliphatic heterocycles. The van der Waals surface area contributed by atoms with Crippen molar-refractivity contribution < 1.29 is 37.8 Å². The Bertz CT molecular complexity index is 1400. The second kappa shape index (κ2) is 12.0. The third-order valence-corrected chi connectivity index (χ3v) is 9.45. The number of alkyl carbamates (subject to hydrolysis) is 1. The van der Waals surface area contributed by atoms with E-state index in [-0.39, 0.29) is 60.8 Å². The molecule has 3 aliphatic rings. The van der Waals surface area contributed by atoms with Crippen molar-refractivity contribution in [3.8, 4) is 5.75 Å². The number of hydrogen-bond donors (Lipinski definition) is 5. The van der Waals surface area contributed by atoms with Crippen LogP contribution in [-0.2, 0) is 30.6 Å². The predicted molar refractivity (Wildman–Crippen MR) is 149 cm³/mol. The van der Waals surface area contributed by atoms with Crippen LogP contribution in [0.25, 0.3) is 0 Å². The van der Waals surface area contributed by atoms with Crippen LogP contribution >= 0.6 is 0 Å². The first-order chi connectivity index (χ1) is 19.6. The fourth-order valence-corrected chi connectivity index (χ4v) is 7.31. The van der Waals surface area contributed by atoms with E-state index in [9.17, 15) is 33.0 Å². The number of rotatable bonds is 10. The monoisotopic (exact) mass is 586 g/mol. The molecule has 2 saturated heterocycles. The summed E-state index contributed by atoms with van der Waals surface area (Å²) >= 11 is 0. The molecule has 5 rings (SSSR count). The molecule has 13 heteroatoms. The fraction of sp³-hybridized carbons (Fsp3) is 0.464. The minimum Gasteiger partial charge on any atom is -0.508 e. The maximum absolute atomic E-state index is 13.2. The Morgan fingerprint density at radius 1 is 1.17 bits per heavy atom. The van der Waals surface area contributed by atoms with Gasteiger partial charge in [-0.2, -0.15) is 0 Å². The molecule has 0 saturated carbocycles. The summed E-state index contributed by atoms with van der Waals surface area (Å²) in [5, 5.41) is 29.7. The van der Waals surface area contributed by atoms with Crippen LogP contribution in [0, 0.1) is 5.92 Å². The Morgan fingerprint density at radius 3 is 2.63 bits per heavy atom. The Morgan fingerprint density at radius 2 is 1.95 bits per heavy atom. The van der Waals surface area contributed by atoms with Gasteiger partial charge in [-0.3, -0.25) is 14.5 Å². The lowest BCUT2D eigenvalue weighted by atomic mass is 9.98. The SMILES string of the molecule is O=C1C[C@H](CN(C[C@@H](O)[C@H](Cc2ccccc2)NC(=O)O[C@H]2CCS(=O)(=O)C2)[C@@H]2C(=O)Nc3cc(O)ccc32)CN1. The number of fused-ring (bicyclic) bond motifs is 1. The third-order valence-electron chi connectivity index (χ3n) is 7.71. The third kappa shape index (κ3) is 7.16. The van der Waals surface area contributed by atoms with Gasteiger partial charge < -0.3 is 30.9 Å². The second-order valence-electron chi connectivity index (χ2n) is 10.9. The number of nitrogens with one attached hydrogen (secondary N) is 3. The molecule has 0 radical (unpaired) electrons. The van der Waals surface area contributed by atoms with E-state index < -0.39 is 40.2 Å². The van der Waals surface area contributed by atoms with Gasteiger partial charge in [-0.1, -0.05) is 36.4 Å². The summed E-state index contributed by atoms with van der Waals surface area (Å²) in [6, 6.07) is 12.2. The first-order valence-corrected chi connectivity index (χ1v) is 15.4. The molecule has 220 valence electrons. The number of sulfone groups is 1. The van der Waals surface area contributed by atoms with Gasteiger partial charge in [-0.05, 0) is 30.4 Å². The van der Waals surface area contributed by atoms with Crippen LogP contribution in [0.2, 0.25) is 0 Å². The molecule has 2 aromatic rings. The number of aromatic hydroxyl groups is 1. The van der Waals surface area contributed by atoms with Crippen molar-refractivity contribution in [2.45, 2.75) is 43.6 Å². The van der Waals surface area contributed by atoms with Gasteiger partial charge in [0.05, 0.1) is 23.7 Å². The van der Waals surface area contributed by atoms with Crippen molar-refractivity contribution in [1.82, 2.24) is 15.5 Å². The number of amides is 3. The fourth-order valence-electron chi connectivity index (χ4n) is 5.72. The zero-order valence-corrected chi connectivity index (χ0v) is 23.2. The highest BCUT2D eigenvalue weighted by atomic mass is 32.2. The lowest BCUT2D eigenvalue weighted by Gasteiger charge is -2.34. The highest BCUT2D eigenvalue weighted by Gasteiger charge is 2.40. The van der Waals surface area contributed by atoms with Crippen molar-refractivity contribution in [2.24, 2.45) is 5.92 Å². The van der Waals surface area contributed by atoms with Crippen LogP contribution in [0.4, 0.5) is 10.5 Å². The van der Waals surface area contributed by atoms with Gasteiger partial charge in [0.2, 0.25) is 11.8 Å². The van der Waals surface area contributed by atoms with Crippen molar-refractivity contribution in [3.05, 3.63) is 59.7 Å². The number of aliphatic hydroxyl groups excluding tert-OH is 1. The summed E-state index contributed by atoms with van der Waals surface area (Å²) in [7, 11) is -3.25. The quantitative estimate of drug-likeness (QED) is 0.269. The number of ether oxygens (including phenoxy) is 1. The Hall–Kier alpha value is -3.68. The number of nitrogens with zero attached hydrogens (tertiary/aromatic N) is 1. The molecular weight excluding hydrogens is 552 g/mol. The number of benzene rings is 2. The molecule has 12 nitrogen and oxygen atoms in total. The van der Waals surface area contributed by atoms with Gasteiger partial charge in [0.1, 0.15) is 17.9 Å². The number of aliphatic hydroxyl groups is 1. The average Bonchev–Trinajstić information content (AvgIpc) is 3.58. The van der Waals surface area contributed by atoms with E-state index in [1.165, 1.54) is 12.1 Å². The summed E-state index contributed by atoms with van der Waals surface area (Å²) in [5.74, 6) is -0.792. The lowest BCUT2D eigenvalue weighted by molar-refractivity contribution is -0.121. The van der Waals surface area contributed by atoms with Crippen LogP contribution in [0.1, 0.15) is 30.0 Å². The number of hydrogen-bond acceptors (Lipinski definition) is 9. The molecule has 2 fully saturated rings. The number of carbonyl (C=O) groups excluding carboxylic acids is 3. The maximum Gasteiger partial charge on any atom is 0.407 e. The predicted octanol–water partition coefficient (Wildman–Crippen LogP) is 0.709. The van der Waals surface area contributed by atoms with Gasteiger partial charge in [0.15, 0.2) is 9.84 Å². The Kier molecular flexibility index (Phi) is 8.47.